The third-order valence-electron chi connectivity index (χ3n) is 4.74. The summed E-state index contributed by atoms with van der Waals surface area (Å²) in [6.07, 6.45) is 1.40. The van der Waals surface area contributed by atoms with Gasteiger partial charge < -0.3 is 20.7 Å². The number of carbonyl (C=O) groups is 1. The van der Waals surface area contributed by atoms with Crippen molar-refractivity contribution >= 4 is 53.3 Å². The summed E-state index contributed by atoms with van der Waals surface area (Å²) in [5.41, 5.74) is 1.85. The van der Waals surface area contributed by atoms with E-state index in [-0.39, 0.29) is 36.0 Å². The second kappa shape index (κ2) is 13.6. The molecule has 1 saturated heterocycles. The molecule has 0 spiro atoms. The fourth-order valence-corrected chi connectivity index (χ4v) is 4.13. The molecule has 0 radical (unpaired) electrons. The predicted octanol–water partition coefficient (Wildman–Crippen LogP) is 4.27. The molecular weight excluding hydrogens is 523 g/mol. The van der Waals surface area contributed by atoms with Crippen LogP contribution in [-0.4, -0.2) is 43.4 Å². The molecule has 1 aliphatic rings. The lowest BCUT2D eigenvalue weighted by molar-refractivity contribution is -0.124. The van der Waals surface area contributed by atoms with E-state index in [0.29, 0.717) is 18.4 Å². The lowest BCUT2D eigenvalue weighted by Crippen LogP contribution is -2.39. The summed E-state index contributed by atoms with van der Waals surface area (Å²) in [5, 5.41) is 10.1. The number of hydrogen-bond donors (Lipinski definition) is 3. The van der Waals surface area contributed by atoms with Crippen LogP contribution in [0.15, 0.2) is 64.5 Å². The first kappa shape index (κ1) is 25.5. The smallest absolute Gasteiger partial charge is 0.253 e. The SMILES string of the molecule is CN=C(NCc1cccc(NC(=O)C2CCCO2)c1)NCC(C)Sc1ccccc1.I. The molecule has 0 aromatic heterocycles. The monoisotopic (exact) mass is 554 g/mol. The van der Waals surface area contributed by atoms with Crippen LogP contribution in [0.25, 0.3) is 0 Å². The summed E-state index contributed by atoms with van der Waals surface area (Å²) < 4.78 is 5.44. The molecule has 31 heavy (non-hydrogen) atoms. The Balaban J connectivity index is 0.00000341. The van der Waals surface area contributed by atoms with Crippen molar-refractivity contribution < 1.29 is 9.53 Å². The van der Waals surface area contributed by atoms with E-state index in [1.165, 1.54) is 4.90 Å². The van der Waals surface area contributed by atoms with E-state index in [0.717, 1.165) is 36.6 Å². The number of nitrogens with one attached hydrogen (secondary N) is 3. The Kier molecular flexibility index (Phi) is 11.2. The number of guanidine groups is 1. The average molecular weight is 554 g/mol. The van der Waals surface area contributed by atoms with Gasteiger partial charge in [-0.15, -0.1) is 35.7 Å². The Morgan fingerprint density at radius 1 is 1.19 bits per heavy atom. The Morgan fingerprint density at radius 2 is 2.00 bits per heavy atom. The van der Waals surface area contributed by atoms with Gasteiger partial charge in [-0.1, -0.05) is 37.3 Å². The topological polar surface area (TPSA) is 74.8 Å². The summed E-state index contributed by atoms with van der Waals surface area (Å²) in [6.45, 7) is 4.27. The number of thioether (sulfide) groups is 1. The molecule has 6 nitrogen and oxygen atoms in total. The summed E-state index contributed by atoms with van der Waals surface area (Å²) in [7, 11) is 1.77. The lowest BCUT2D eigenvalue weighted by Gasteiger charge is -2.16. The van der Waals surface area contributed by atoms with Crippen molar-refractivity contribution in [2.75, 3.05) is 25.5 Å². The summed E-state index contributed by atoms with van der Waals surface area (Å²) in [4.78, 5) is 17.8. The van der Waals surface area contributed by atoms with Gasteiger partial charge in [-0.25, -0.2) is 0 Å². The van der Waals surface area contributed by atoms with Gasteiger partial charge >= 0.3 is 0 Å². The van der Waals surface area contributed by atoms with Crippen LogP contribution in [0.3, 0.4) is 0 Å². The summed E-state index contributed by atoms with van der Waals surface area (Å²) >= 11 is 1.83. The molecule has 1 amide bonds. The van der Waals surface area contributed by atoms with Gasteiger partial charge in [-0.2, -0.15) is 0 Å². The van der Waals surface area contributed by atoms with E-state index >= 15 is 0 Å². The second-order valence-electron chi connectivity index (χ2n) is 7.24. The molecule has 0 saturated carbocycles. The van der Waals surface area contributed by atoms with Gasteiger partial charge in [0.15, 0.2) is 5.96 Å². The van der Waals surface area contributed by atoms with Crippen LogP contribution in [0, 0.1) is 0 Å². The largest absolute Gasteiger partial charge is 0.368 e. The quantitative estimate of drug-likeness (QED) is 0.197. The molecule has 3 N–H and O–H groups in total. The van der Waals surface area contributed by atoms with Crippen LogP contribution in [0.1, 0.15) is 25.3 Å². The molecule has 2 atom stereocenters. The van der Waals surface area contributed by atoms with Gasteiger partial charge in [0.1, 0.15) is 6.10 Å². The van der Waals surface area contributed by atoms with Gasteiger partial charge in [0.05, 0.1) is 0 Å². The molecule has 2 unspecified atom stereocenters. The van der Waals surface area contributed by atoms with Gasteiger partial charge in [0.25, 0.3) is 5.91 Å². The van der Waals surface area contributed by atoms with Crippen LogP contribution >= 0.6 is 35.7 Å². The molecule has 1 fully saturated rings. The molecule has 168 valence electrons. The Hall–Kier alpha value is -1.78. The average Bonchev–Trinajstić information content (AvgIpc) is 3.30. The zero-order valence-corrected chi connectivity index (χ0v) is 21.1. The van der Waals surface area contributed by atoms with E-state index in [1.54, 1.807) is 7.05 Å². The van der Waals surface area contributed by atoms with Gasteiger partial charge in [0, 0.05) is 42.6 Å². The molecule has 0 bridgehead atoms. The Bertz CT molecular complexity index is 844. The van der Waals surface area contributed by atoms with Crippen LogP contribution in [0.4, 0.5) is 5.69 Å². The Labute approximate surface area is 206 Å². The maximum absolute atomic E-state index is 12.2. The van der Waals surface area contributed by atoms with Crippen molar-refractivity contribution in [3.63, 3.8) is 0 Å². The molecule has 0 aliphatic carbocycles. The van der Waals surface area contributed by atoms with Crippen molar-refractivity contribution in [3.05, 3.63) is 60.2 Å². The summed E-state index contributed by atoms with van der Waals surface area (Å²) in [5.74, 6) is 0.685. The van der Waals surface area contributed by atoms with Crippen LogP contribution < -0.4 is 16.0 Å². The zero-order chi connectivity index (χ0) is 21.2. The van der Waals surface area contributed by atoms with Gasteiger partial charge in [-0.05, 0) is 42.7 Å². The maximum atomic E-state index is 12.2. The number of anilines is 1. The van der Waals surface area contributed by atoms with E-state index in [9.17, 15) is 4.79 Å². The third kappa shape index (κ3) is 8.70. The number of hydrogen-bond acceptors (Lipinski definition) is 4. The van der Waals surface area contributed by atoms with Crippen LogP contribution in [0.2, 0.25) is 0 Å². The highest BCUT2D eigenvalue weighted by molar-refractivity contribution is 14.0. The minimum atomic E-state index is -0.328. The van der Waals surface area contributed by atoms with E-state index in [1.807, 2.05) is 42.1 Å². The number of nitrogens with zero attached hydrogens (tertiary/aromatic N) is 1. The first-order chi connectivity index (χ1) is 14.6. The third-order valence-corrected chi connectivity index (χ3v) is 5.85. The van der Waals surface area contributed by atoms with Crippen molar-refractivity contribution in [2.24, 2.45) is 4.99 Å². The van der Waals surface area contributed by atoms with Crippen molar-refractivity contribution in [3.8, 4) is 0 Å². The molecular formula is C23H31IN4O2S. The van der Waals surface area contributed by atoms with Crippen molar-refractivity contribution in [1.82, 2.24) is 10.6 Å². The lowest BCUT2D eigenvalue weighted by atomic mass is 10.2. The maximum Gasteiger partial charge on any atom is 0.253 e. The van der Waals surface area contributed by atoms with Gasteiger partial charge in [0.2, 0.25) is 0 Å². The predicted molar refractivity (Wildman–Crippen MR) is 139 cm³/mol. The summed E-state index contributed by atoms with van der Waals surface area (Å²) in [6, 6.07) is 18.2. The minimum Gasteiger partial charge on any atom is -0.368 e. The molecule has 2 aromatic carbocycles. The Morgan fingerprint density at radius 3 is 2.71 bits per heavy atom. The zero-order valence-electron chi connectivity index (χ0n) is 18.0. The molecule has 1 aliphatic heterocycles. The first-order valence-corrected chi connectivity index (χ1v) is 11.2. The highest BCUT2D eigenvalue weighted by Gasteiger charge is 2.23. The number of rotatable bonds is 8. The number of aliphatic imine (C=N–C) groups is 1. The van der Waals surface area contributed by atoms with E-state index in [4.69, 9.17) is 4.74 Å². The van der Waals surface area contributed by atoms with Crippen molar-refractivity contribution in [2.45, 2.75) is 42.6 Å². The fourth-order valence-electron chi connectivity index (χ4n) is 3.19. The highest BCUT2D eigenvalue weighted by Crippen LogP contribution is 2.22. The van der Waals surface area contributed by atoms with Gasteiger partial charge in [-0.3, -0.25) is 9.79 Å². The standard InChI is InChI=1S/C23H30N4O2S.HI/c1-17(30-20-10-4-3-5-11-20)15-25-23(24-2)26-16-18-8-6-9-19(14-18)27-22(28)21-12-7-13-29-21;/h3-6,8-11,14,17,21H,7,12-13,15-16H2,1-2H3,(H,27,28)(H2,24,25,26);1H. The first-order valence-electron chi connectivity index (χ1n) is 10.3. The van der Waals surface area contributed by atoms with Crippen LogP contribution in [-0.2, 0) is 16.1 Å². The number of amides is 1. The second-order valence-corrected chi connectivity index (χ2v) is 8.75. The molecule has 1 heterocycles. The van der Waals surface area contributed by atoms with Crippen LogP contribution in [0.5, 0.6) is 0 Å². The van der Waals surface area contributed by atoms with Crippen molar-refractivity contribution in [1.29, 1.82) is 0 Å². The molecule has 2 aromatic rings. The molecule has 8 heteroatoms. The number of carbonyl (C=O) groups excluding carboxylic acids is 1. The fraction of sp³-hybridized carbons (Fsp3) is 0.391. The molecule has 3 rings (SSSR count). The van der Waals surface area contributed by atoms with E-state index < -0.39 is 0 Å². The number of benzene rings is 2. The number of halogens is 1. The number of ether oxygens (including phenoxy) is 1. The minimum absolute atomic E-state index is 0. The normalized spacial score (nSPS) is 16.8. The van der Waals surface area contributed by atoms with E-state index in [2.05, 4.69) is 52.1 Å². The highest BCUT2D eigenvalue weighted by atomic mass is 127.